The summed E-state index contributed by atoms with van der Waals surface area (Å²) < 4.78 is 26.0. The van der Waals surface area contributed by atoms with Gasteiger partial charge in [0.2, 0.25) is 0 Å². The van der Waals surface area contributed by atoms with E-state index in [-0.39, 0.29) is 11.4 Å². The Kier molecular flexibility index (Phi) is 6.66. The normalized spacial score (nSPS) is 15.8. The van der Waals surface area contributed by atoms with Crippen LogP contribution in [0.3, 0.4) is 0 Å². The summed E-state index contributed by atoms with van der Waals surface area (Å²) in [4.78, 5) is 20.9. The quantitative estimate of drug-likeness (QED) is 0.418. The summed E-state index contributed by atoms with van der Waals surface area (Å²) in [5.41, 5.74) is 1.81. The zero-order valence-corrected chi connectivity index (χ0v) is 20.4. The molecule has 1 aliphatic heterocycles. The van der Waals surface area contributed by atoms with E-state index in [9.17, 15) is 9.18 Å². The molecule has 1 saturated heterocycles. The molecule has 1 aliphatic rings. The van der Waals surface area contributed by atoms with Crippen LogP contribution in [0.15, 0.2) is 47.3 Å². The highest BCUT2D eigenvalue weighted by atomic mass is 19.1. The number of rotatable bonds is 7. The number of aromatic nitrogens is 5. The number of halogens is 1. The first-order chi connectivity index (χ1) is 17.5. The summed E-state index contributed by atoms with van der Waals surface area (Å²) in [6.45, 7) is 3.55. The average molecular weight is 494 g/mol. The van der Waals surface area contributed by atoms with Crippen LogP contribution in [0.4, 0.5) is 4.39 Å². The van der Waals surface area contributed by atoms with Crippen molar-refractivity contribution in [2.24, 2.45) is 0 Å². The van der Waals surface area contributed by atoms with Crippen molar-refractivity contribution in [3.05, 3.63) is 75.6 Å². The number of pyridine rings is 1. The van der Waals surface area contributed by atoms with Crippen molar-refractivity contribution < 1.29 is 13.9 Å². The van der Waals surface area contributed by atoms with E-state index in [1.807, 2.05) is 12.1 Å². The molecule has 0 spiro atoms. The van der Waals surface area contributed by atoms with Gasteiger partial charge in [-0.3, -0.25) is 9.69 Å². The third-order valence-corrected chi connectivity index (χ3v) is 6.62. The Morgan fingerprint density at radius 3 is 2.42 bits per heavy atom. The Morgan fingerprint density at radius 1 is 1.03 bits per heavy atom. The number of hydrogen-bond acceptors (Lipinski definition) is 8. The number of fused-ring (bicyclic) bond motifs is 1. The van der Waals surface area contributed by atoms with Gasteiger partial charge in [0.1, 0.15) is 11.9 Å². The molecule has 3 heterocycles. The van der Waals surface area contributed by atoms with Gasteiger partial charge in [0.25, 0.3) is 5.56 Å². The van der Waals surface area contributed by atoms with Crippen LogP contribution in [0.25, 0.3) is 10.9 Å². The molecule has 5 rings (SSSR count). The summed E-state index contributed by atoms with van der Waals surface area (Å²) in [5.74, 6) is 1.35. The van der Waals surface area contributed by atoms with Crippen LogP contribution in [0.2, 0.25) is 0 Å². The molecule has 1 N–H and O–H groups in total. The van der Waals surface area contributed by atoms with Gasteiger partial charge in [-0.1, -0.05) is 12.1 Å². The van der Waals surface area contributed by atoms with E-state index in [0.717, 1.165) is 37.1 Å². The Labute approximate surface area is 207 Å². The number of benzene rings is 2. The van der Waals surface area contributed by atoms with Crippen molar-refractivity contribution in [1.82, 2.24) is 35.0 Å². The summed E-state index contributed by atoms with van der Waals surface area (Å²) in [6, 6.07) is 11.2. The minimum Gasteiger partial charge on any atom is -0.493 e. The maximum atomic E-state index is 13.5. The van der Waals surface area contributed by atoms with E-state index in [2.05, 4.69) is 37.4 Å². The average Bonchev–Trinajstić information content (AvgIpc) is 3.33. The fraction of sp³-hybridized carbons (Fsp3) is 0.360. The third-order valence-electron chi connectivity index (χ3n) is 6.62. The second-order valence-corrected chi connectivity index (χ2v) is 8.91. The Hall–Kier alpha value is -3.83. The lowest BCUT2D eigenvalue weighted by Crippen LogP contribution is -2.47. The number of nitrogens with zero attached hydrogens (tertiary/aromatic N) is 6. The van der Waals surface area contributed by atoms with E-state index in [4.69, 9.17) is 9.47 Å². The molecule has 0 amide bonds. The van der Waals surface area contributed by atoms with E-state index in [1.54, 1.807) is 37.1 Å². The maximum Gasteiger partial charge on any atom is 0.253 e. The maximum absolute atomic E-state index is 13.5. The van der Waals surface area contributed by atoms with E-state index in [1.165, 1.54) is 12.1 Å². The molecule has 0 saturated carbocycles. The second kappa shape index (κ2) is 10.0. The van der Waals surface area contributed by atoms with Crippen molar-refractivity contribution in [2.45, 2.75) is 12.6 Å². The molecule has 11 heteroatoms. The van der Waals surface area contributed by atoms with Crippen molar-refractivity contribution in [3.63, 3.8) is 0 Å². The first kappa shape index (κ1) is 23.9. The van der Waals surface area contributed by atoms with Gasteiger partial charge in [-0.25, -0.2) is 9.07 Å². The van der Waals surface area contributed by atoms with Crippen LogP contribution in [-0.4, -0.2) is 82.4 Å². The largest absolute Gasteiger partial charge is 0.493 e. The van der Waals surface area contributed by atoms with Gasteiger partial charge in [0.15, 0.2) is 17.3 Å². The van der Waals surface area contributed by atoms with Gasteiger partial charge in [0, 0.05) is 43.2 Å². The van der Waals surface area contributed by atoms with E-state index in [0.29, 0.717) is 34.9 Å². The molecule has 36 heavy (non-hydrogen) atoms. The summed E-state index contributed by atoms with van der Waals surface area (Å²) in [6.07, 6.45) is 0. The molecular formula is C25H28FN7O3. The minimum atomic E-state index is -0.476. The number of tetrazole rings is 1. The molecule has 188 valence electrons. The molecule has 1 atom stereocenters. The van der Waals surface area contributed by atoms with Crippen LogP contribution in [-0.2, 0) is 6.54 Å². The van der Waals surface area contributed by atoms with Crippen LogP contribution < -0.4 is 15.0 Å². The summed E-state index contributed by atoms with van der Waals surface area (Å²) in [7, 11) is 5.21. The van der Waals surface area contributed by atoms with Crippen LogP contribution in [0.1, 0.15) is 23.0 Å². The minimum absolute atomic E-state index is 0.227. The van der Waals surface area contributed by atoms with E-state index >= 15 is 0 Å². The Morgan fingerprint density at radius 2 is 1.72 bits per heavy atom. The van der Waals surface area contributed by atoms with Crippen molar-refractivity contribution >= 4 is 10.9 Å². The lowest BCUT2D eigenvalue weighted by Gasteiger charge is -2.37. The Bertz CT molecular complexity index is 1410. The SMILES string of the molecule is COc1cc2cc([C@@H](c3nnnn3Cc3ccc(F)cc3)N3CCN(C)CC3)c(=O)[nH]c2cc1OC. The third kappa shape index (κ3) is 4.67. The molecule has 2 aromatic heterocycles. The number of methoxy groups -OCH3 is 2. The van der Waals surface area contributed by atoms with Crippen LogP contribution >= 0.6 is 0 Å². The van der Waals surface area contributed by atoms with Crippen LogP contribution in [0.5, 0.6) is 11.5 Å². The zero-order chi connectivity index (χ0) is 25.2. The van der Waals surface area contributed by atoms with E-state index < -0.39 is 6.04 Å². The highest BCUT2D eigenvalue weighted by molar-refractivity contribution is 5.83. The fourth-order valence-corrected chi connectivity index (χ4v) is 4.62. The predicted octanol–water partition coefficient (Wildman–Crippen LogP) is 2.06. The molecule has 1 fully saturated rings. The number of likely N-dealkylation sites (N-methyl/N-ethyl adjacent to an activating group) is 1. The van der Waals surface area contributed by atoms with Crippen molar-refractivity contribution in [1.29, 1.82) is 0 Å². The monoisotopic (exact) mass is 493 g/mol. The topological polar surface area (TPSA) is 101 Å². The van der Waals surface area contributed by atoms with Gasteiger partial charge < -0.3 is 19.4 Å². The smallest absolute Gasteiger partial charge is 0.253 e. The Balaban J connectivity index is 1.61. The first-order valence-corrected chi connectivity index (χ1v) is 11.7. The van der Waals surface area contributed by atoms with Gasteiger partial charge in [-0.15, -0.1) is 5.10 Å². The van der Waals surface area contributed by atoms with Gasteiger partial charge >= 0.3 is 0 Å². The van der Waals surface area contributed by atoms with Gasteiger partial charge in [-0.2, -0.15) is 0 Å². The zero-order valence-electron chi connectivity index (χ0n) is 20.4. The highest BCUT2D eigenvalue weighted by Crippen LogP contribution is 2.33. The lowest BCUT2D eigenvalue weighted by molar-refractivity contribution is 0.121. The summed E-state index contributed by atoms with van der Waals surface area (Å²) in [5, 5.41) is 13.3. The number of H-pyrrole nitrogens is 1. The predicted molar refractivity (Wildman–Crippen MR) is 132 cm³/mol. The number of nitrogens with one attached hydrogen (secondary N) is 1. The number of ether oxygens (including phenoxy) is 2. The number of aromatic amines is 1. The van der Waals surface area contributed by atoms with Gasteiger partial charge in [0.05, 0.1) is 26.3 Å². The molecule has 2 aromatic carbocycles. The van der Waals surface area contributed by atoms with Crippen molar-refractivity contribution in [3.8, 4) is 11.5 Å². The molecular weight excluding hydrogens is 465 g/mol. The number of hydrogen-bond donors (Lipinski definition) is 1. The highest BCUT2D eigenvalue weighted by Gasteiger charge is 2.32. The molecule has 10 nitrogen and oxygen atoms in total. The fourth-order valence-electron chi connectivity index (χ4n) is 4.62. The van der Waals surface area contributed by atoms with Crippen molar-refractivity contribution in [2.75, 3.05) is 47.4 Å². The molecule has 0 aliphatic carbocycles. The number of piperazine rings is 1. The molecule has 0 bridgehead atoms. The molecule has 0 radical (unpaired) electrons. The standard InChI is InChI=1S/C25H28FN7O3/c1-31-8-10-32(11-9-31)23(24-28-29-30-33(24)15-16-4-6-18(26)7-5-16)19-12-17-13-21(35-2)22(36-3)14-20(17)27-25(19)34/h4-7,12-14,23H,8-11,15H2,1-3H3,(H,27,34)/t23-/m0/s1. The van der Waals surface area contributed by atoms with Gasteiger partial charge in [-0.05, 0) is 47.3 Å². The first-order valence-electron chi connectivity index (χ1n) is 11.7. The second-order valence-electron chi connectivity index (χ2n) is 8.91. The molecule has 4 aromatic rings. The lowest BCUT2D eigenvalue weighted by atomic mass is 10.0. The van der Waals surface area contributed by atoms with Crippen LogP contribution in [0, 0.1) is 5.82 Å². The summed E-state index contributed by atoms with van der Waals surface area (Å²) >= 11 is 0. The molecule has 0 unspecified atom stereocenters.